The average molecular weight is 215 g/mol. The Morgan fingerprint density at radius 3 is 2.88 bits per heavy atom. The molecule has 2 aromatic rings. The van der Waals surface area contributed by atoms with Crippen LogP contribution in [-0.2, 0) is 5.54 Å². The quantitative estimate of drug-likeness (QED) is 0.726. The van der Waals surface area contributed by atoms with Crippen molar-refractivity contribution in [1.29, 1.82) is 0 Å². The van der Waals surface area contributed by atoms with Crippen LogP contribution >= 0.6 is 0 Å². The number of fused-ring (bicyclic) bond motifs is 1. The van der Waals surface area contributed by atoms with E-state index in [1.165, 1.54) is 0 Å². The molecule has 2 aromatic heterocycles. The molecule has 1 fully saturated rings. The molecule has 0 radical (unpaired) electrons. The normalized spacial score (nSPS) is 17.6. The number of aromatic nitrogens is 3. The molecule has 82 valence electrons. The Hall–Kier alpha value is -1.71. The summed E-state index contributed by atoms with van der Waals surface area (Å²) >= 11 is 0. The van der Waals surface area contributed by atoms with Crippen LogP contribution in [0.1, 0.15) is 25.6 Å². The molecule has 0 spiro atoms. The van der Waals surface area contributed by atoms with Crippen LogP contribution in [-0.4, -0.2) is 14.5 Å². The standard InChI is InChI=1S/C12H13N3O/c1-8-13-6-9-7-15(12(2)3-4-12)11(16)5-10(9)14-8/h5-7H,3-4H2,1-2H3. The van der Waals surface area contributed by atoms with E-state index in [-0.39, 0.29) is 11.1 Å². The summed E-state index contributed by atoms with van der Waals surface area (Å²) in [4.78, 5) is 20.3. The number of aryl methyl sites for hydroxylation is 1. The minimum atomic E-state index is 0.0240. The maximum absolute atomic E-state index is 11.9. The third-order valence-electron chi connectivity index (χ3n) is 3.29. The maximum atomic E-state index is 11.9. The predicted octanol–water partition coefficient (Wildman–Crippen LogP) is 1.61. The van der Waals surface area contributed by atoms with Crippen molar-refractivity contribution in [3.05, 3.63) is 34.6 Å². The fraction of sp³-hybridized carbons (Fsp3) is 0.417. The van der Waals surface area contributed by atoms with E-state index in [1.54, 1.807) is 12.3 Å². The van der Waals surface area contributed by atoms with E-state index in [1.807, 2.05) is 17.7 Å². The zero-order valence-electron chi connectivity index (χ0n) is 9.40. The predicted molar refractivity (Wildman–Crippen MR) is 61.4 cm³/mol. The van der Waals surface area contributed by atoms with Crippen LogP contribution in [0, 0.1) is 6.92 Å². The van der Waals surface area contributed by atoms with Crippen LogP contribution in [0.25, 0.3) is 10.9 Å². The van der Waals surface area contributed by atoms with Gasteiger partial charge in [-0.25, -0.2) is 9.97 Å². The van der Waals surface area contributed by atoms with E-state index < -0.39 is 0 Å². The van der Waals surface area contributed by atoms with Crippen molar-refractivity contribution in [2.24, 2.45) is 0 Å². The second-order valence-corrected chi connectivity index (χ2v) is 4.74. The van der Waals surface area contributed by atoms with E-state index in [2.05, 4.69) is 16.9 Å². The average Bonchev–Trinajstić information content (AvgIpc) is 2.96. The molecule has 0 amide bonds. The van der Waals surface area contributed by atoms with Crippen LogP contribution < -0.4 is 5.56 Å². The highest BCUT2D eigenvalue weighted by Gasteiger charge is 2.39. The molecule has 0 aliphatic heterocycles. The molecule has 0 atom stereocenters. The molecule has 0 aromatic carbocycles. The molecular weight excluding hydrogens is 202 g/mol. The molecule has 4 heteroatoms. The molecule has 0 saturated heterocycles. The molecule has 1 saturated carbocycles. The third-order valence-corrected chi connectivity index (χ3v) is 3.29. The van der Waals surface area contributed by atoms with Gasteiger partial charge in [0, 0.05) is 29.4 Å². The molecule has 16 heavy (non-hydrogen) atoms. The molecule has 1 aliphatic carbocycles. The van der Waals surface area contributed by atoms with Gasteiger partial charge in [-0.2, -0.15) is 0 Å². The molecule has 3 rings (SSSR count). The van der Waals surface area contributed by atoms with Crippen molar-refractivity contribution in [1.82, 2.24) is 14.5 Å². The van der Waals surface area contributed by atoms with Gasteiger partial charge in [-0.1, -0.05) is 0 Å². The van der Waals surface area contributed by atoms with Crippen molar-refractivity contribution >= 4 is 10.9 Å². The molecular formula is C12H13N3O. The van der Waals surface area contributed by atoms with Gasteiger partial charge in [0.05, 0.1) is 5.52 Å². The number of hydrogen-bond donors (Lipinski definition) is 0. The zero-order chi connectivity index (χ0) is 11.3. The second kappa shape index (κ2) is 2.90. The number of pyridine rings is 1. The first-order valence-corrected chi connectivity index (χ1v) is 5.45. The Labute approximate surface area is 93.0 Å². The summed E-state index contributed by atoms with van der Waals surface area (Å²) in [5.74, 6) is 0.697. The van der Waals surface area contributed by atoms with Crippen LogP contribution in [0.4, 0.5) is 0 Å². The van der Waals surface area contributed by atoms with Gasteiger partial charge in [0.1, 0.15) is 5.82 Å². The van der Waals surface area contributed by atoms with Crippen LogP contribution in [0.15, 0.2) is 23.3 Å². The summed E-state index contributed by atoms with van der Waals surface area (Å²) in [6.07, 6.45) is 5.81. The Morgan fingerprint density at radius 2 is 2.19 bits per heavy atom. The van der Waals surface area contributed by atoms with Crippen molar-refractivity contribution in [2.75, 3.05) is 0 Å². The molecule has 4 nitrogen and oxygen atoms in total. The van der Waals surface area contributed by atoms with Gasteiger partial charge in [0.2, 0.25) is 0 Å². The van der Waals surface area contributed by atoms with E-state index in [0.29, 0.717) is 5.82 Å². The smallest absolute Gasteiger partial charge is 0.253 e. The summed E-state index contributed by atoms with van der Waals surface area (Å²) in [7, 11) is 0. The van der Waals surface area contributed by atoms with E-state index >= 15 is 0 Å². The van der Waals surface area contributed by atoms with Gasteiger partial charge >= 0.3 is 0 Å². The fourth-order valence-electron chi connectivity index (χ4n) is 1.94. The Bertz CT molecular complexity index is 626. The SMILES string of the molecule is Cc1ncc2cn(C3(C)CC3)c(=O)cc2n1. The van der Waals surface area contributed by atoms with Crippen molar-refractivity contribution in [3.63, 3.8) is 0 Å². The fourth-order valence-corrected chi connectivity index (χ4v) is 1.94. The summed E-state index contributed by atoms with van der Waals surface area (Å²) in [6, 6.07) is 1.60. The lowest BCUT2D eigenvalue weighted by atomic mass is 10.2. The van der Waals surface area contributed by atoms with Gasteiger partial charge in [0.25, 0.3) is 5.56 Å². The molecule has 1 aliphatic rings. The zero-order valence-corrected chi connectivity index (χ0v) is 9.40. The van der Waals surface area contributed by atoms with Gasteiger partial charge in [-0.3, -0.25) is 4.79 Å². The van der Waals surface area contributed by atoms with Gasteiger partial charge < -0.3 is 4.57 Å². The third kappa shape index (κ3) is 1.33. The lowest BCUT2D eigenvalue weighted by molar-refractivity contribution is 0.516. The maximum Gasteiger partial charge on any atom is 0.253 e. The van der Waals surface area contributed by atoms with Gasteiger partial charge in [-0.15, -0.1) is 0 Å². The Kier molecular flexibility index (Phi) is 1.73. The van der Waals surface area contributed by atoms with E-state index in [9.17, 15) is 4.79 Å². The number of hydrogen-bond acceptors (Lipinski definition) is 3. The second-order valence-electron chi connectivity index (χ2n) is 4.74. The van der Waals surface area contributed by atoms with Gasteiger partial charge in [0.15, 0.2) is 0 Å². The summed E-state index contributed by atoms with van der Waals surface area (Å²) in [5.41, 5.74) is 0.791. The van der Waals surface area contributed by atoms with Crippen LogP contribution in [0.3, 0.4) is 0 Å². The first-order chi connectivity index (χ1) is 7.58. The Balaban J connectivity index is 2.30. The van der Waals surface area contributed by atoms with E-state index in [4.69, 9.17) is 0 Å². The highest BCUT2D eigenvalue weighted by Crippen LogP contribution is 2.41. The minimum Gasteiger partial charge on any atom is -0.309 e. The molecule has 0 unspecified atom stereocenters. The molecule has 0 bridgehead atoms. The van der Waals surface area contributed by atoms with E-state index in [0.717, 1.165) is 23.7 Å². The van der Waals surface area contributed by atoms with Crippen LogP contribution in [0.5, 0.6) is 0 Å². The highest BCUT2D eigenvalue weighted by atomic mass is 16.1. The molecule has 2 heterocycles. The summed E-state index contributed by atoms with van der Waals surface area (Å²) in [5, 5.41) is 0.929. The van der Waals surface area contributed by atoms with Crippen molar-refractivity contribution in [2.45, 2.75) is 32.2 Å². The monoisotopic (exact) mass is 215 g/mol. The van der Waals surface area contributed by atoms with Crippen molar-refractivity contribution < 1.29 is 0 Å². The highest BCUT2D eigenvalue weighted by molar-refractivity contribution is 5.76. The Morgan fingerprint density at radius 1 is 1.44 bits per heavy atom. The lowest BCUT2D eigenvalue weighted by Gasteiger charge is -2.13. The first kappa shape index (κ1) is 9.51. The number of nitrogens with zero attached hydrogens (tertiary/aromatic N) is 3. The van der Waals surface area contributed by atoms with Crippen LogP contribution in [0.2, 0.25) is 0 Å². The van der Waals surface area contributed by atoms with Crippen molar-refractivity contribution in [3.8, 4) is 0 Å². The first-order valence-electron chi connectivity index (χ1n) is 5.45. The minimum absolute atomic E-state index is 0.0240. The molecule has 0 N–H and O–H groups in total. The topological polar surface area (TPSA) is 47.8 Å². The van der Waals surface area contributed by atoms with Gasteiger partial charge in [-0.05, 0) is 26.7 Å². The summed E-state index contributed by atoms with van der Waals surface area (Å²) < 4.78 is 1.81. The largest absolute Gasteiger partial charge is 0.309 e. The lowest BCUT2D eigenvalue weighted by Crippen LogP contribution is -2.27. The number of rotatable bonds is 1. The summed E-state index contributed by atoms with van der Waals surface area (Å²) in [6.45, 7) is 3.93.